The van der Waals surface area contributed by atoms with Gasteiger partial charge in [0, 0.05) is 12.2 Å². The average molecular weight is 381 g/mol. The number of nitrogens with one attached hydrogen (secondary N) is 3. The topological polar surface area (TPSA) is 104 Å². The van der Waals surface area contributed by atoms with Gasteiger partial charge < -0.3 is 10.6 Å². The van der Waals surface area contributed by atoms with Gasteiger partial charge in [-0.3, -0.25) is 4.79 Å². The van der Waals surface area contributed by atoms with E-state index in [9.17, 15) is 18.0 Å². The van der Waals surface area contributed by atoms with Crippen LogP contribution in [0, 0.1) is 0 Å². The van der Waals surface area contributed by atoms with Gasteiger partial charge in [-0.15, -0.1) is 11.3 Å². The first kappa shape index (κ1) is 18.9. The van der Waals surface area contributed by atoms with Crippen molar-refractivity contribution < 1.29 is 18.0 Å². The van der Waals surface area contributed by atoms with Crippen LogP contribution in [0.15, 0.2) is 46.7 Å². The van der Waals surface area contributed by atoms with Gasteiger partial charge in [0.15, 0.2) is 0 Å². The summed E-state index contributed by atoms with van der Waals surface area (Å²) in [5.74, 6) is -0.265. The summed E-state index contributed by atoms with van der Waals surface area (Å²) in [6.45, 7) is 2.38. The number of urea groups is 1. The van der Waals surface area contributed by atoms with E-state index >= 15 is 0 Å². The molecule has 1 heterocycles. The molecule has 25 heavy (non-hydrogen) atoms. The number of hydrogen-bond donors (Lipinski definition) is 3. The summed E-state index contributed by atoms with van der Waals surface area (Å²) in [5, 5.41) is 6.95. The van der Waals surface area contributed by atoms with Crippen molar-refractivity contribution in [3.63, 3.8) is 0 Å². The van der Waals surface area contributed by atoms with Crippen molar-refractivity contribution in [2.45, 2.75) is 24.7 Å². The number of unbranched alkanes of at least 4 members (excludes halogenated alkanes) is 1. The lowest BCUT2D eigenvalue weighted by Crippen LogP contribution is -2.39. The molecule has 0 fully saturated rings. The number of sulfonamides is 1. The number of anilines is 1. The van der Waals surface area contributed by atoms with Crippen LogP contribution in [-0.2, 0) is 10.0 Å². The number of carbonyl (C=O) groups is 2. The highest BCUT2D eigenvalue weighted by molar-refractivity contribution is 7.90. The van der Waals surface area contributed by atoms with Crippen molar-refractivity contribution in [2.24, 2.45) is 0 Å². The van der Waals surface area contributed by atoms with Gasteiger partial charge in [0.1, 0.15) is 0 Å². The average Bonchev–Trinajstić information content (AvgIpc) is 3.10. The molecular weight excluding hydrogens is 362 g/mol. The maximum atomic E-state index is 12.1. The van der Waals surface area contributed by atoms with E-state index in [2.05, 4.69) is 10.6 Å². The molecule has 0 aliphatic heterocycles. The molecule has 1 aromatic carbocycles. The van der Waals surface area contributed by atoms with Crippen molar-refractivity contribution in [3.05, 3.63) is 46.7 Å². The molecule has 0 spiro atoms. The Bertz CT molecular complexity index is 816. The van der Waals surface area contributed by atoms with E-state index in [0.29, 0.717) is 17.1 Å². The van der Waals surface area contributed by atoms with Crippen LogP contribution in [0.4, 0.5) is 10.5 Å². The lowest BCUT2D eigenvalue weighted by Gasteiger charge is -2.09. The minimum absolute atomic E-state index is 0.0627. The Hall–Kier alpha value is -2.39. The number of benzene rings is 1. The molecule has 3 N–H and O–H groups in total. The second-order valence-electron chi connectivity index (χ2n) is 5.17. The van der Waals surface area contributed by atoms with Gasteiger partial charge in [0.05, 0.1) is 9.77 Å². The van der Waals surface area contributed by atoms with Crippen LogP contribution < -0.4 is 15.4 Å². The van der Waals surface area contributed by atoms with Gasteiger partial charge in [-0.1, -0.05) is 19.4 Å². The van der Waals surface area contributed by atoms with Gasteiger partial charge in [-0.05, 0) is 42.1 Å². The van der Waals surface area contributed by atoms with E-state index in [1.807, 2.05) is 11.6 Å². The summed E-state index contributed by atoms with van der Waals surface area (Å²) in [5.41, 5.74) is 0.463. The number of thiophene rings is 1. The van der Waals surface area contributed by atoms with Crippen molar-refractivity contribution in [2.75, 3.05) is 11.9 Å². The van der Waals surface area contributed by atoms with Crippen LogP contribution >= 0.6 is 11.3 Å². The lowest BCUT2D eigenvalue weighted by atomic mass is 10.3. The fraction of sp³-hybridized carbons (Fsp3) is 0.250. The zero-order valence-corrected chi connectivity index (χ0v) is 15.2. The van der Waals surface area contributed by atoms with Crippen LogP contribution in [0.3, 0.4) is 0 Å². The summed E-state index contributed by atoms with van der Waals surface area (Å²) in [6, 6.07) is 8.29. The Morgan fingerprint density at radius 2 is 1.84 bits per heavy atom. The Balaban J connectivity index is 1.98. The molecule has 2 rings (SSSR count). The van der Waals surface area contributed by atoms with Crippen LogP contribution in [-0.4, -0.2) is 26.9 Å². The first-order valence-electron chi connectivity index (χ1n) is 7.68. The minimum atomic E-state index is -3.96. The zero-order valence-electron chi connectivity index (χ0n) is 13.6. The van der Waals surface area contributed by atoms with Gasteiger partial charge in [-0.25, -0.2) is 17.9 Å². The molecule has 134 valence electrons. The van der Waals surface area contributed by atoms with E-state index in [-0.39, 0.29) is 10.8 Å². The largest absolute Gasteiger partial charge is 0.337 e. The second-order valence-corrected chi connectivity index (χ2v) is 7.80. The van der Waals surface area contributed by atoms with Crippen molar-refractivity contribution in [3.8, 4) is 0 Å². The molecular formula is C16H19N3O4S2. The first-order chi connectivity index (χ1) is 11.9. The van der Waals surface area contributed by atoms with Crippen molar-refractivity contribution in [1.82, 2.24) is 10.0 Å². The lowest BCUT2D eigenvalue weighted by molar-refractivity contribution is 0.103. The molecule has 2 aromatic rings. The Kier molecular flexibility index (Phi) is 6.54. The Morgan fingerprint density at radius 3 is 2.44 bits per heavy atom. The molecule has 1 aromatic heterocycles. The monoisotopic (exact) mass is 381 g/mol. The molecule has 9 heteroatoms. The highest BCUT2D eigenvalue weighted by Crippen LogP contribution is 2.16. The van der Waals surface area contributed by atoms with E-state index in [1.54, 1.807) is 17.5 Å². The molecule has 7 nitrogen and oxygen atoms in total. The van der Waals surface area contributed by atoms with E-state index in [1.165, 1.54) is 35.6 Å². The number of rotatable bonds is 7. The molecule has 0 atom stereocenters. The molecule has 0 bridgehead atoms. The molecule has 0 aliphatic carbocycles. The summed E-state index contributed by atoms with van der Waals surface area (Å²) in [4.78, 5) is 24.0. The summed E-state index contributed by atoms with van der Waals surface area (Å²) in [7, 11) is -3.96. The van der Waals surface area contributed by atoms with Gasteiger partial charge in [-0.2, -0.15) is 0 Å². The third kappa shape index (κ3) is 5.57. The summed E-state index contributed by atoms with van der Waals surface area (Å²) >= 11 is 1.31. The predicted molar refractivity (Wildman–Crippen MR) is 97.3 cm³/mol. The third-order valence-corrected chi connectivity index (χ3v) is 5.43. The smallest absolute Gasteiger partial charge is 0.328 e. The molecule has 0 saturated carbocycles. The van der Waals surface area contributed by atoms with Gasteiger partial charge in [0.2, 0.25) is 0 Å². The third-order valence-electron chi connectivity index (χ3n) is 3.21. The standard InChI is InChI=1S/C16H19N3O4S2/c1-2-3-10-17-16(21)19-25(22,23)13-8-6-12(7-9-13)18-15(20)14-5-4-11-24-14/h4-9,11H,2-3,10H2,1H3,(H,18,20)(H2,17,19,21). The van der Waals surface area contributed by atoms with E-state index in [4.69, 9.17) is 0 Å². The summed E-state index contributed by atoms with van der Waals surface area (Å²) < 4.78 is 26.2. The molecule has 0 radical (unpaired) electrons. The van der Waals surface area contributed by atoms with Crippen LogP contribution in [0.25, 0.3) is 0 Å². The summed E-state index contributed by atoms with van der Waals surface area (Å²) in [6.07, 6.45) is 1.66. The number of amides is 3. The minimum Gasteiger partial charge on any atom is -0.337 e. The number of hydrogen-bond acceptors (Lipinski definition) is 5. The van der Waals surface area contributed by atoms with Crippen LogP contribution in [0.2, 0.25) is 0 Å². The van der Waals surface area contributed by atoms with Gasteiger partial charge in [0.25, 0.3) is 15.9 Å². The van der Waals surface area contributed by atoms with E-state index < -0.39 is 16.1 Å². The van der Waals surface area contributed by atoms with Crippen molar-refractivity contribution >= 4 is 39.0 Å². The van der Waals surface area contributed by atoms with E-state index in [0.717, 1.165) is 12.8 Å². The van der Waals surface area contributed by atoms with Gasteiger partial charge >= 0.3 is 6.03 Å². The van der Waals surface area contributed by atoms with Crippen molar-refractivity contribution in [1.29, 1.82) is 0 Å². The highest BCUT2D eigenvalue weighted by atomic mass is 32.2. The zero-order chi connectivity index (χ0) is 18.3. The quantitative estimate of drug-likeness (QED) is 0.642. The molecule has 0 saturated heterocycles. The maximum Gasteiger partial charge on any atom is 0.328 e. The molecule has 0 unspecified atom stereocenters. The Labute approximate surface area is 150 Å². The maximum absolute atomic E-state index is 12.1. The SMILES string of the molecule is CCCCNC(=O)NS(=O)(=O)c1ccc(NC(=O)c2cccs2)cc1. The second kappa shape index (κ2) is 8.63. The number of carbonyl (C=O) groups excluding carboxylic acids is 2. The highest BCUT2D eigenvalue weighted by Gasteiger charge is 2.17. The molecule has 3 amide bonds. The normalized spacial score (nSPS) is 10.9. The fourth-order valence-electron chi connectivity index (χ4n) is 1.91. The predicted octanol–water partition coefficient (Wildman–Crippen LogP) is 2.79. The first-order valence-corrected chi connectivity index (χ1v) is 10.0. The van der Waals surface area contributed by atoms with Crippen LogP contribution in [0.1, 0.15) is 29.4 Å². The Morgan fingerprint density at radius 1 is 1.12 bits per heavy atom. The van der Waals surface area contributed by atoms with Crippen LogP contribution in [0.5, 0.6) is 0 Å². The molecule has 0 aliphatic rings. The fourth-order valence-corrected chi connectivity index (χ4v) is 3.46.